The van der Waals surface area contributed by atoms with E-state index in [4.69, 9.17) is 0 Å². The van der Waals surface area contributed by atoms with Gasteiger partial charge in [0.1, 0.15) is 0 Å². The van der Waals surface area contributed by atoms with Crippen molar-refractivity contribution in [2.24, 2.45) is 5.41 Å². The van der Waals surface area contributed by atoms with Crippen molar-refractivity contribution in [1.82, 2.24) is 10.2 Å². The number of hydrogen-bond acceptors (Lipinski definition) is 2. The molecule has 0 radical (unpaired) electrons. The second-order valence-electron chi connectivity index (χ2n) is 6.19. The third-order valence-corrected chi connectivity index (χ3v) is 2.87. The molecule has 0 aromatic rings. The fraction of sp³-hybridized carbons (Fsp3) is 1.00. The summed E-state index contributed by atoms with van der Waals surface area (Å²) in [5.41, 5.74) is 0.453. The summed E-state index contributed by atoms with van der Waals surface area (Å²) in [5.74, 6) is 0. The molecular formula is C14H32N2. The van der Waals surface area contributed by atoms with Crippen molar-refractivity contribution in [3.63, 3.8) is 0 Å². The lowest BCUT2D eigenvalue weighted by Crippen LogP contribution is -2.38. The standard InChI is InChI=1S/C14H32N2/c1-7-11-16(13(2)3)12-10-15-9-8-14(4,5)6/h13,15H,7-12H2,1-6H3. The topological polar surface area (TPSA) is 15.3 Å². The summed E-state index contributed by atoms with van der Waals surface area (Å²) < 4.78 is 0. The van der Waals surface area contributed by atoms with E-state index >= 15 is 0 Å². The highest BCUT2D eigenvalue weighted by Gasteiger charge is 2.10. The predicted molar refractivity (Wildman–Crippen MR) is 73.9 cm³/mol. The van der Waals surface area contributed by atoms with E-state index in [9.17, 15) is 0 Å². The van der Waals surface area contributed by atoms with Gasteiger partial charge in [-0.1, -0.05) is 27.7 Å². The minimum atomic E-state index is 0.453. The van der Waals surface area contributed by atoms with E-state index in [-0.39, 0.29) is 0 Å². The van der Waals surface area contributed by atoms with Crippen molar-refractivity contribution in [2.45, 2.75) is 60.4 Å². The van der Waals surface area contributed by atoms with Crippen LogP contribution in [0.2, 0.25) is 0 Å². The summed E-state index contributed by atoms with van der Waals surface area (Å²) >= 11 is 0. The summed E-state index contributed by atoms with van der Waals surface area (Å²) in [4.78, 5) is 2.55. The molecule has 0 aromatic carbocycles. The van der Waals surface area contributed by atoms with E-state index < -0.39 is 0 Å². The predicted octanol–water partition coefficient (Wildman–Crippen LogP) is 3.13. The zero-order chi connectivity index (χ0) is 12.6. The van der Waals surface area contributed by atoms with Crippen molar-refractivity contribution in [3.8, 4) is 0 Å². The molecule has 0 saturated carbocycles. The van der Waals surface area contributed by atoms with Crippen LogP contribution in [0.5, 0.6) is 0 Å². The van der Waals surface area contributed by atoms with Crippen LogP contribution in [0.25, 0.3) is 0 Å². The summed E-state index contributed by atoms with van der Waals surface area (Å²) in [6, 6.07) is 0.671. The lowest BCUT2D eigenvalue weighted by molar-refractivity contribution is 0.221. The molecule has 2 nitrogen and oxygen atoms in total. The maximum Gasteiger partial charge on any atom is 0.0110 e. The van der Waals surface area contributed by atoms with Gasteiger partial charge in [-0.05, 0) is 45.2 Å². The maximum absolute atomic E-state index is 3.54. The van der Waals surface area contributed by atoms with Crippen LogP contribution in [0, 0.1) is 5.41 Å². The molecule has 0 unspecified atom stereocenters. The van der Waals surface area contributed by atoms with Crippen LogP contribution in [0.4, 0.5) is 0 Å². The first-order chi connectivity index (χ1) is 7.37. The number of nitrogens with zero attached hydrogens (tertiary/aromatic N) is 1. The van der Waals surface area contributed by atoms with Crippen molar-refractivity contribution in [2.75, 3.05) is 26.2 Å². The van der Waals surface area contributed by atoms with Crippen molar-refractivity contribution >= 4 is 0 Å². The highest BCUT2D eigenvalue weighted by molar-refractivity contribution is 4.66. The molecule has 0 aliphatic rings. The third kappa shape index (κ3) is 9.17. The van der Waals surface area contributed by atoms with Crippen LogP contribution in [0.15, 0.2) is 0 Å². The first-order valence-corrected chi connectivity index (χ1v) is 6.81. The Morgan fingerprint density at radius 1 is 1.06 bits per heavy atom. The Morgan fingerprint density at radius 3 is 2.12 bits per heavy atom. The van der Waals surface area contributed by atoms with Gasteiger partial charge in [0, 0.05) is 19.1 Å². The van der Waals surface area contributed by atoms with Gasteiger partial charge in [-0.3, -0.25) is 4.90 Å². The van der Waals surface area contributed by atoms with Crippen LogP contribution in [0.3, 0.4) is 0 Å². The highest BCUT2D eigenvalue weighted by Crippen LogP contribution is 2.16. The van der Waals surface area contributed by atoms with E-state index in [0.29, 0.717) is 11.5 Å². The molecule has 98 valence electrons. The van der Waals surface area contributed by atoms with Crippen LogP contribution in [-0.2, 0) is 0 Å². The van der Waals surface area contributed by atoms with Gasteiger partial charge in [0.15, 0.2) is 0 Å². The summed E-state index contributed by atoms with van der Waals surface area (Å²) in [7, 11) is 0. The molecule has 0 amide bonds. The Hall–Kier alpha value is -0.0800. The molecule has 0 heterocycles. The Morgan fingerprint density at radius 2 is 1.69 bits per heavy atom. The zero-order valence-electron chi connectivity index (χ0n) is 12.3. The normalized spacial score (nSPS) is 12.8. The highest BCUT2D eigenvalue weighted by atomic mass is 15.2. The average Bonchev–Trinajstić information content (AvgIpc) is 2.13. The fourth-order valence-corrected chi connectivity index (χ4v) is 1.73. The molecule has 0 bridgehead atoms. The van der Waals surface area contributed by atoms with Crippen molar-refractivity contribution in [3.05, 3.63) is 0 Å². The molecule has 1 N–H and O–H groups in total. The zero-order valence-corrected chi connectivity index (χ0v) is 12.3. The van der Waals surface area contributed by atoms with Gasteiger partial charge in [0.05, 0.1) is 0 Å². The second-order valence-corrected chi connectivity index (χ2v) is 6.19. The molecule has 2 heteroatoms. The number of nitrogens with one attached hydrogen (secondary N) is 1. The third-order valence-electron chi connectivity index (χ3n) is 2.87. The minimum Gasteiger partial charge on any atom is -0.315 e. The SMILES string of the molecule is CCCN(CCNCCC(C)(C)C)C(C)C. The molecule has 0 aliphatic heterocycles. The first-order valence-electron chi connectivity index (χ1n) is 6.81. The largest absolute Gasteiger partial charge is 0.315 e. The molecule has 0 aromatic heterocycles. The monoisotopic (exact) mass is 228 g/mol. The van der Waals surface area contributed by atoms with Crippen LogP contribution < -0.4 is 5.32 Å². The smallest absolute Gasteiger partial charge is 0.0110 e. The molecule has 0 rings (SSSR count). The Labute approximate surface area is 103 Å². The lowest BCUT2D eigenvalue weighted by Gasteiger charge is -2.26. The number of rotatable bonds is 8. The second kappa shape index (κ2) is 8.08. The summed E-state index contributed by atoms with van der Waals surface area (Å²) in [5, 5.41) is 3.54. The minimum absolute atomic E-state index is 0.453. The van der Waals surface area contributed by atoms with Crippen molar-refractivity contribution in [1.29, 1.82) is 0 Å². The molecular weight excluding hydrogens is 196 g/mol. The van der Waals surface area contributed by atoms with E-state index in [1.165, 1.54) is 25.9 Å². The van der Waals surface area contributed by atoms with Gasteiger partial charge in [-0.25, -0.2) is 0 Å². The Bertz CT molecular complexity index is 159. The molecule has 0 saturated heterocycles. The fourth-order valence-electron chi connectivity index (χ4n) is 1.73. The van der Waals surface area contributed by atoms with E-state index in [0.717, 1.165) is 13.1 Å². The van der Waals surface area contributed by atoms with Gasteiger partial charge in [0.2, 0.25) is 0 Å². The summed E-state index contributed by atoms with van der Waals surface area (Å²) in [6.07, 6.45) is 2.50. The summed E-state index contributed by atoms with van der Waals surface area (Å²) in [6.45, 7) is 18.4. The first kappa shape index (κ1) is 15.9. The lowest BCUT2D eigenvalue weighted by atomic mass is 9.92. The molecule has 16 heavy (non-hydrogen) atoms. The molecule has 0 spiro atoms. The molecule has 0 fully saturated rings. The van der Waals surface area contributed by atoms with E-state index in [1.807, 2.05) is 0 Å². The molecule has 0 aliphatic carbocycles. The van der Waals surface area contributed by atoms with Crippen LogP contribution >= 0.6 is 0 Å². The van der Waals surface area contributed by atoms with E-state index in [1.54, 1.807) is 0 Å². The quantitative estimate of drug-likeness (QED) is 0.642. The van der Waals surface area contributed by atoms with Gasteiger partial charge >= 0.3 is 0 Å². The van der Waals surface area contributed by atoms with Gasteiger partial charge < -0.3 is 5.32 Å². The van der Waals surface area contributed by atoms with Crippen molar-refractivity contribution < 1.29 is 0 Å². The maximum atomic E-state index is 3.54. The Balaban J connectivity index is 3.55. The van der Waals surface area contributed by atoms with Crippen LogP contribution in [-0.4, -0.2) is 37.1 Å². The Kier molecular flexibility index (Phi) is 8.04. The average molecular weight is 228 g/mol. The van der Waals surface area contributed by atoms with Gasteiger partial charge in [0.25, 0.3) is 0 Å². The van der Waals surface area contributed by atoms with Gasteiger partial charge in [-0.15, -0.1) is 0 Å². The van der Waals surface area contributed by atoms with Crippen LogP contribution in [0.1, 0.15) is 54.4 Å². The molecule has 0 atom stereocenters. The van der Waals surface area contributed by atoms with Gasteiger partial charge in [-0.2, -0.15) is 0 Å². The number of hydrogen-bond donors (Lipinski definition) is 1. The van der Waals surface area contributed by atoms with E-state index in [2.05, 4.69) is 51.8 Å².